The summed E-state index contributed by atoms with van der Waals surface area (Å²) in [7, 11) is -0.687. The number of amides is 1. The lowest BCUT2D eigenvalue weighted by atomic mass is 10.0. The molecule has 1 amide bonds. The van der Waals surface area contributed by atoms with Gasteiger partial charge in [0.15, 0.2) is 0 Å². The third-order valence-corrected chi connectivity index (χ3v) is 5.83. The van der Waals surface area contributed by atoms with Crippen molar-refractivity contribution in [3.63, 3.8) is 0 Å². The van der Waals surface area contributed by atoms with Gasteiger partial charge in [-0.05, 0) is 38.5 Å². The first-order valence-corrected chi connectivity index (χ1v) is 9.30. The molecule has 0 radical (unpaired) electrons. The van der Waals surface area contributed by atoms with Gasteiger partial charge in [0.1, 0.15) is 0 Å². The van der Waals surface area contributed by atoms with Gasteiger partial charge in [-0.25, -0.2) is 0 Å². The second-order valence-corrected chi connectivity index (χ2v) is 8.40. The van der Waals surface area contributed by atoms with Crippen LogP contribution in [0.5, 0.6) is 0 Å². The second kappa shape index (κ2) is 7.11. The summed E-state index contributed by atoms with van der Waals surface area (Å²) >= 11 is 6.07. The summed E-state index contributed by atoms with van der Waals surface area (Å²) in [6.45, 7) is 8.28. The van der Waals surface area contributed by atoms with Crippen molar-refractivity contribution >= 4 is 28.3 Å². The fourth-order valence-corrected chi connectivity index (χ4v) is 3.72. The van der Waals surface area contributed by atoms with Crippen molar-refractivity contribution in [3.8, 4) is 0 Å². The minimum atomic E-state index is -0.687. The minimum Gasteiger partial charge on any atom is -0.350 e. The van der Waals surface area contributed by atoms with Gasteiger partial charge in [-0.2, -0.15) is 0 Å². The SMILES string of the molecule is Cc1ccc(C(=O)NCC(C)(C)N2CCS(=O)CC2)cc1Cl. The normalized spacial score (nSPS) is 17.5. The lowest BCUT2D eigenvalue weighted by Crippen LogP contribution is -2.55. The topological polar surface area (TPSA) is 49.4 Å². The van der Waals surface area contributed by atoms with Crippen LogP contribution < -0.4 is 5.32 Å². The standard InChI is InChI=1S/C16H23ClN2O2S/c1-12-4-5-13(10-14(12)17)15(20)18-11-16(2,3)19-6-8-22(21)9-7-19/h4-5,10H,6-9,11H2,1-3H3,(H,18,20). The molecule has 1 aliphatic heterocycles. The molecule has 0 bridgehead atoms. The van der Waals surface area contributed by atoms with Gasteiger partial charge in [0.25, 0.3) is 5.91 Å². The molecule has 0 aliphatic carbocycles. The monoisotopic (exact) mass is 342 g/mol. The molecular weight excluding hydrogens is 320 g/mol. The molecule has 2 rings (SSSR count). The molecule has 1 N–H and O–H groups in total. The Kier molecular flexibility index (Phi) is 5.64. The van der Waals surface area contributed by atoms with E-state index in [1.165, 1.54) is 0 Å². The van der Waals surface area contributed by atoms with E-state index in [2.05, 4.69) is 24.1 Å². The van der Waals surface area contributed by atoms with Gasteiger partial charge in [-0.3, -0.25) is 13.9 Å². The molecule has 22 heavy (non-hydrogen) atoms. The fourth-order valence-electron chi connectivity index (χ4n) is 2.49. The Bertz CT molecular complexity index is 580. The summed E-state index contributed by atoms with van der Waals surface area (Å²) in [5.74, 6) is 1.31. The highest BCUT2D eigenvalue weighted by Crippen LogP contribution is 2.18. The Labute approximate surface area is 139 Å². The van der Waals surface area contributed by atoms with Crippen LogP contribution in [-0.4, -0.2) is 51.7 Å². The highest BCUT2D eigenvalue weighted by Gasteiger charge is 2.30. The van der Waals surface area contributed by atoms with Gasteiger partial charge in [-0.1, -0.05) is 17.7 Å². The highest BCUT2D eigenvalue weighted by molar-refractivity contribution is 7.85. The van der Waals surface area contributed by atoms with E-state index in [0.717, 1.165) is 18.7 Å². The van der Waals surface area contributed by atoms with Gasteiger partial charge >= 0.3 is 0 Å². The molecule has 1 aromatic rings. The van der Waals surface area contributed by atoms with Crippen LogP contribution in [0.2, 0.25) is 5.02 Å². The molecule has 0 aromatic heterocycles. The van der Waals surface area contributed by atoms with Gasteiger partial charge in [0, 0.05) is 58.1 Å². The summed E-state index contributed by atoms with van der Waals surface area (Å²) in [4.78, 5) is 14.5. The zero-order valence-electron chi connectivity index (χ0n) is 13.3. The molecule has 1 saturated heterocycles. The van der Waals surface area contributed by atoms with E-state index in [1.807, 2.05) is 13.0 Å². The third kappa shape index (κ3) is 4.31. The van der Waals surface area contributed by atoms with Crippen LogP contribution in [0.25, 0.3) is 0 Å². The number of nitrogens with zero attached hydrogens (tertiary/aromatic N) is 1. The zero-order valence-corrected chi connectivity index (χ0v) is 14.9. The van der Waals surface area contributed by atoms with Crippen LogP contribution in [0.4, 0.5) is 0 Å². The molecule has 122 valence electrons. The summed E-state index contributed by atoms with van der Waals surface area (Å²) < 4.78 is 11.4. The molecule has 1 fully saturated rings. The molecule has 0 saturated carbocycles. The third-order valence-electron chi connectivity index (χ3n) is 4.15. The van der Waals surface area contributed by atoms with Crippen molar-refractivity contribution in [2.75, 3.05) is 31.1 Å². The fraction of sp³-hybridized carbons (Fsp3) is 0.562. The maximum absolute atomic E-state index is 12.3. The van der Waals surface area contributed by atoms with Crippen molar-refractivity contribution in [1.29, 1.82) is 0 Å². The van der Waals surface area contributed by atoms with Gasteiger partial charge in [0.05, 0.1) is 0 Å². The molecule has 0 unspecified atom stereocenters. The van der Waals surface area contributed by atoms with E-state index < -0.39 is 10.8 Å². The maximum atomic E-state index is 12.3. The molecule has 0 atom stereocenters. The molecule has 1 aromatic carbocycles. The highest BCUT2D eigenvalue weighted by atomic mass is 35.5. The molecule has 4 nitrogen and oxygen atoms in total. The summed E-state index contributed by atoms with van der Waals surface area (Å²) in [6, 6.07) is 5.33. The van der Waals surface area contributed by atoms with Crippen molar-refractivity contribution in [2.24, 2.45) is 0 Å². The molecular formula is C16H23ClN2O2S. The molecule has 0 spiro atoms. The van der Waals surface area contributed by atoms with Crippen molar-refractivity contribution in [2.45, 2.75) is 26.3 Å². The smallest absolute Gasteiger partial charge is 0.251 e. The van der Waals surface area contributed by atoms with Crippen LogP contribution in [0.1, 0.15) is 29.8 Å². The first-order valence-electron chi connectivity index (χ1n) is 7.44. The maximum Gasteiger partial charge on any atom is 0.251 e. The van der Waals surface area contributed by atoms with E-state index in [4.69, 9.17) is 11.6 Å². The number of rotatable bonds is 4. The summed E-state index contributed by atoms with van der Waals surface area (Å²) in [5, 5.41) is 3.58. The number of carbonyl (C=O) groups excluding carboxylic acids is 1. The average Bonchev–Trinajstić information content (AvgIpc) is 2.48. The Morgan fingerprint density at radius 1 is 1.36 bits per heavy atom. The van der Waals surface area contributed by atoms with Crippen molar-refractivity contribution in [1.82, 2.24) is 10.2 Å². The predicted molar refractivity (Wildman–Crippen MR) is 92.1 cm³/mol. The molecule has 6 heteroatoms. The first kappa shape index (κ1) is 17.4. The lowest BCUT2D eigenvalue weighted by Gasteiger charge is -2.40. The van der Waals surface area contributed by atoms with Gasteiger partial charge < -0.3 is 5.32 Å². The van der Waals surface area contributed by atoms with Crippen LogP contribution in [0.3, 0.4) is 0 Å². The first-order chi connectivity index (χ1) is 10.3. The molecule has 1 heterocycles. The van der Waals surface area contributed by atoms with Crippen LogP contribution in [0.15, 0.2) is 18.2 Å². The van der Waals surface area contributed by atoms with Crippen LogP contribution in [0, 0.1) is 6.92 Å². The number of hydrogen-bond acceptors (Lipinski definition) is 3. The van der Waals surface area contributed by atoms with Crippen LogP contribution >= 0.6 is 11.6 Å². The van der Waals surface area contributed by atoms with E-state index >= 15 is 0 Å². The van der Waals surface area contributed by atoms with E-state index in [1.54, 1.807) is 12.1 Å². The second-order valence-electron chi connectivity index (χ2n) is 6.29. The quantitative estimate of drug-likeness (QED) is 0.912. The number of halogens is 1. The number of carbonyl (C=O) groups is 1. The van der Waals surface area contributed by atoms with Gasteiger partial charge in [0.2, 0.25) is 0 Å². The Morgan fingerprint density at radius 3 is 2.59 bits per heavy atom. The van der Waals surface area contributed by atoms with Gasteiger partial charge in [-0.15, -0.1) is 0 Å². The molecule has 1 aliphatic rings. The minimum absolute atomic E-state index is 0.115. The summed E-state index contributed by atoms with van der Waals surface area (Å²) in [5.41, 5.74) is 1.38. The van der Waals surface area contributed by atoms with E-state index in [-0.39, 0.29) is 11.4 Å². The number of hydrogen-bond donors (Lipinski definition) is 1. The number of nitrogens with one attached hydrogen (secondary N) is 1. The Morgan fingerprint density at radius 2 is 2.00 bits per heavy atom. The van der Waals surface area contributed by atoms with E-state index in [9.17, 15) is 9.00 Å². The van der Waals surface area contributed by atoms with E-state index in [0.29, 0.717) is 28.6 Å². The number of benzene rings is 1. The zero-order chi connectivity index (χ0) is 16.3. The Hall–Kier alpha value is -0.910. The van der Waals surface area contributed by atoms with Crippen LogP contribution in [-0.2, 0) is 10.8 Å². The number of aryl methyl sites for hydroxylation is 1. The predicted octanol–water partition coefficient (Wildman–Crippen LogP) is 2.22. The van der Waals surface area contributed by atoms with Crippen molar-refractivity contribution < 1.29 is 9.00 Å². The largest absolute Gasteiger partial charge is 0.350 e. The lowest BCUT2D eigenvalue weighted by molar-refractivity contribution is 0.0883. The van der Waals surface area contributed by atoms with Crippen molar-refractivity contribution in [3.05, 3.63) is 34.3 Å². The Balaban J connectivity index is 1.94. The average molecular weight is 343 g/mol. The summed E-state index contributed by atoms with van der Waals surface area (Å²) in [6.07, 6.45) is 0.